The highest BCUT2D eigenvalue weighted by atomic mass is 32.1. The molecule has 0 heterocycles. The maximum atomic E-state index is 5.24. The largest absolute Gasteiger partial charge is 0.497 e. The van der Waals surface area contributed by atoms with Crippen molar-refractivity contribution in [3.63, 3.8) is 0 Å². The van der Waals surface area contributed by atoms with Gasteiger partial charge in [0.05, 0.1) is 12.8 Å². The van der Waals surface area contributed by atoms with Crippen molar-refractivity contribution in [1.29, 1.82) is 0 Å². The molecule has 0 aliphatic heterocycles. The topological polar surface area (TPSA) is 45.3 Å². The molecule has 2 aromatic rings. The van der Waals surface area contributed by atoms with Crippen LogP contribution >= 0.6 is 12.2 Å². The summed E-state index contributed by atoms with van der Waals surface area (Å²) >= 11 is 5.16. The van der Waals surface area contributed by atoms with Crippen molar-refractivity contribution in [2.45, 2.75) is 19.9 Å². The van der Waals surface area contributed by atoms with Crippen molar-refractivity contribution in [2.24, 2.45) is 0 Å². The predicted octanol–water partition coefficient (Wildman–Crippen LogP) is 3.20. The Balaban J connectivity index is 2.07. The summed E-state index contributed by atoms with van der Waals surface area (Å²) in [6.07, 6.45) is 0. The van der Waals surface area contributed by atoms with Gasteiger partial charge >= 0.3 is 0 Å². The molecule has 22 heavy (non-hydrogen) atoms. The van der Waals surface area contributed by atoms with E-state index < -0.39 is 0 Å². The molecule has 0 saturated heterocycles. The van der Waals surface area contributed by atoms with Crippen LogP contribution in [0.4, 0.5) is 0 Å². The summed E-state index contributed by atoms with van der Waals surface area (Å²) in [7, 11) is 1.67. The van der Waals surface area contributed by atoms with Crippen molar-refractivity contribution in [3.05, 3.63) is 48.5 Å². The first-order valence-electron chi connectivity index (χ1n) is 7.09. The number of methoxy groups -OCH3 is 1. The lowest BCUT2D eigenvalue weighted by molar-refractivity contribution is 0.415. The summed E-state index contributed by atoms with van der Waals surface area (Å²) in [5.74, 6) is 0.851. The maximum Gasteiger partial charge on any atom is 0.185 e. The zero-order chi connectivity index (χ0) is 16.1. The molecule has 4 nitrogen and oxygen atoms in total. The van der Waals surface area contributed by atoms with Gasteiger partial charge in [0.15, 0.2) is 5.11 Å². The molecule has 0 fully saturated rings. The third-order valence-corrected chi connectivity index (χ3v) is 3.36. The molecule has 0 unspecified atom stereocenters. The SMILES string of the molecule is C=C(NNC(=S)NC(C)C)c1ccc2cc(OC)ccc2c1. The molecule has 5 heteroatoms. The first-order chi connectivity index (χ1) is 10.5. The second-order valence-corrected chi connectivity index (χ2v) is 5.69. The Morgan fingerprint density at radius 1 is 1.09 bits per heavy atom. The first-order valence-corrected chi connectivity index (χ1v) is 7.50. The number of hydrogen-bond acceptors (Lipinski definition) is 3. The van der Waals surface area contributed by atoms with Crippen LogP contribution in [0.15, 0.2) is 43.0 Å². The molecule has 0 spiro atoms. The van der Waals surface area contributed by atoms with Crippen LogP contribution in [0.5, 0.6) is 5.75 Å². The van der Waals surface area contributed by atoms with Crippen molar-refractivity contribution in [2.75, 3.05) is 7.11 Å². The zero-order valence-electron chi connectivity index (χ0n) is 13.1. The summed E-state index contributed by atoms with van der Waals surface area (Å²) in [4.78, 5) is 0. The summed E-state index contributed by atoms with van der Waals surface area (Å²) in [5.41, 5.74) is 7.70. The number of ether oxygens (including phenoxy) is 1. The number of hydrazine groups is 1. The van der Waals surface area contributed by atoms with Crippen LogP contribution in [-0.2, 0) is 0 Å². The molecule has 2 aromatic carbocycles. The van der Waals surface area contributed by atoms with E-state index in [4.69, 9.17) is 17.0 Å². The Kier molecular flexibility index (Phi) is 5.22. The fraction of sp³-hybridized carbons (Fsp3) is 0.235. The smallest absolute Gasteiger partial charge is 0.185 e. The quantitative estimate of drug-likeness (QED) is 0.584. The Morgan fingerprint density at radius 3 is 2.45 bits per heavy atom. The molecule has 0 amide bonds. The van der Waals surface area contributed by atoms with Gasteiger partial charge in [0.2, 0.25) is 0 Å². The van der Waals surface area contributed by atoms with E-state index in [1.807, 2.05) is 44.2 Å². The molecule has 116 valence electrons. The molecular weight excluding hydrogens is 294 g/mol. The van der Waals surface area contributed by atoms with Crippen molar-refractivity contribution >= 4 is 33.8 Å². The minimum Gasteiger partial charge on any atom is -0.497 e. The average molecular weight is 315 g/mol. The Bertz CT molecular complexity index is 697. The van der Waals surface area contributed by atoms with Gasteiger partial charge in [-0.15, -0.1) is 0 Å². The third kappa shape index (κ3) is 4.11. The van der Waals surface area contributed by atoms with Crippen LogP contribution in [0.3, 0.4) is 0 Å². The van der Waals surface area contributed by atoms with Gasteiger partial charge in [0, 0.05) is 6.04 Å². The Hall–Kier alpha value is -2.27. The van der Waals surface area contributed by atoms with Gasteiger partial charge in [-0.1, -0.05) is 24.8 Å². The highest BCUT2D eigenvalue weighted by Crippen LogP contribution is 2.23. The standard InChI is InChI=1S/C17H21N3OS/c1-11(2)18-17(22)20-19-12(3)13-5-6-15-10-16(21-4)8-7-14(15)9-13/h5-11,19H,3H2,1-2,4H3,(H2,18,20,22). The van der Waals surface area contributed by atoms with Gasteiger partial charge in [-0.3, -0.25) is 10.9 Å². The van der Waals surface area contributed by atoms with Crippen LogP contribution < -0.4 is 20.9 Å². The monoisotopic (exact) mass is 315 g/mol. The minimum atomic E-state index is 0.283. The van der Waals surface area contributed by atoms with E-state index in [1.165, 1.54) is 0 Å². The molecule has 0 atom stereocenters. The molecule has 0 bridgehead atoms. The van der Waals surface area contributed by atoms with Crippen LogP contribution in [0.2, 0.25) is 0 Å². The fourth-order valence-electron chi connectivity index (χ4n) is 2.04. The van der Waals surface area contributed by atoms with Crippen LogP contribution in [-0.4, -0.2) is 18.3 Å². The number of rotatable bonds is 5. The van der Waals surface area contributed by atoms with Crippen LogP contribution in [0.25, 0.3) is 16.5 Å². The molecule has 3 N–H and O–H groups in total. The van der Waals surface area contributed by atoms with Crippen molar-refractivity contribution in [1.82, 2.24) is 16.2 Å². The maximum absolute atomic E-state index is 5.24. The highest BCUT2D eigenvalue weighted by Gasteiger charge is 2.03. The van der Waals surface area contributed by atoms with Crippen LogP contribution in [0.1, 0.15) is 19.4 Å². The number of nitrogens with one attached hydrogen (secondary N) is 3. The summed E-state index contributed by atoms with van der Waals surface area (Å²) in [6.45, 7) is 8.09. The number of benzene rings is 2. The van der Waals surface area contributed by atoms with Crippen molar-refractivity contribution < 1.29 is 4.74 Å². The lowest BCUT2D eigenvalue weighted by atomic mass is 10.1. The summed E-state index contributed by atoms with van der Waals surface area (Å²) in [6, 6.07) is 12.4. The average Bonchev–Trinajstić information content (AvgIpc) is 2.50. The molecule has 0 aromatic heterocycles. The Morgan fingerprint density at radius 2 is 1.77 bits per heavy atom. The Labute approximate surface area is 136 Å². The van der Waals surface area contributed by atoms with Gasteiger partial charge in [-0.05, 0) is 60.6 Å². The molecule has 0 radical (unpaired) electrons. The predicted molar refractivity (Wildman–Crippen MR) is 96.7 cm³/mol. The van der Waals surface area contributed by atoms with Gasteiger partial charge < -0.3 is 10.1 Å². The number of hydrogen-bond donors (Lipinski definition) is 3. The van der Waals surface area contributed by atoms with E-state index >= 15 is 0 Å². The minimum absolute atomic E-state index is 0.283. The van der Waals surface area contributed by atoms with Gasteiger partial charge in [0.25, 0.3) is 0 Å². The van der Waals surface area contributed by atoms with E-state index in [2.05, 4.69) is 28.8 Å². The van der Waals surface area contributed by atoms with Gasteiger partial charge in [-0.25, -0.2) is 0 Å². The normalized spacial score (nSPS) is 10.4. The molecular formula is C17H21N3OS. The molecule has 2 rings (SSSR count). The second kappa shape index (κ2) is 7.13. The summed E-state index contributed by atoms with van der Waals surface area (Å²) in [5, 5.41) is 5.89. The van der Waals surface area contributed by atoms with E-state index in [-0.39, 0.29) is 6.04 Å². The fourth-order valence-corrected chi connectivity index (χ4v) is 2.33. The van der Waals surface area contributed by atoms with E-state index in [0.29, 0.717) is 5.11 Å². The van der Waals surface area contributed by atoms with E-state index in [1.54, 1.807) is 7.11 Å². The molecule has 0 aliphatic carbocycles. The number of fused-ring (bicyclic) bond motifs is 1. The molecule has 0 aliphatic rings. The first kappa shape index (κ1) is 16.1. The zero-order valence-corrected chi connectivity index (χ0v) is 13.9. The van der Waals surface area contributed by atoms with Crippen molar-refractivity contribution in [3.8, 4) is 5.75 Å². The lowest BCUT2D eigenvalue weighted by Gasteiger charge is -2.16. The number of thiocarbonyl (C=S) groups is 1. The summed E-state index contributed by atoms with van der Waals surface area (Å²) < 4.78 is 5.24. The third-order valence-electron chi connectivity index (χ3n) is 3.14. The van der Waals surface area contributed by atoms with Crippen LogP contribution in [0, 0.1) is 0 Å². The highest BCUT2D eigenvalue weighted by molar-refractivity contribution is 7.80. The lowest BCUT2D eigenvalue weighted by Crippen LogP contribution is -2.45. The second-order valence-electron chi connectivity index (χ2n) is 5.28. The van der Waals surface area contributed by atoms with E-state index in [0.717, 1.165) is 27.8 Å². The van der Waals surface area contributed by atoms with E-state index in [9.17, 15) is 0 Å². The van der Waals surface area contributed by atoms with Gasteiger partial charge in [0.1, 0.15) is 5.75 Å². The van der Waals surface area contributed by atoms with Gasteiger partial charge in [-0.2, -0.15) is 0 Å². The molecule has 0 saturated carbocycles.